The van der Waals surface area contributed by atoms with Crippen LogP contribution in [-0.4, -0.2) is 104 Å². The zero-order valence-electron chi connectivity index (χ0n) is 23.5. The summed E-state index contributed by atoms with van der Waals surface area (Å²) in [6.45, 7) is 9.25. The summed E-state index contributed by atoms with van der Waals surface area (Å²) >= 11 is 0. The molecule has 40 heavy (non-hydrogen) atoms. The lowest BCUT2D eigenvalue weighted by atomic mass is 10.0. The van der Waals surface area contributed by atoms with Gasteiger partial charge in [0.2, 0.25) is 5.95 Å². The van der Waals surface area contributed by atoms with Crippen LogP contribution in [0.4, 0.5) is 10.2 Å². The van der Waals surface area contributed by atoms with Crippen molar-refractivity contribution in [2.45, 2.75) is 51.4 Å². The maximum absolute atomic E-state index is 13.8. The van der Waals surface area contributed by atoms with E-state index in [0.29, 0.717) is 38.2 Å². The molecule has 1 atom stereocenters. The number of imidazole rings is 2. The van der Waals surface area contributed by atoms with Gasteiger partial charge in [0.15, 0.2) is 17.0 Å². The summed E-state index contributed by atoms with van der Waals surface area (Å²) < 4.78 is 23.6. The smallest absolute Gasteiger partial charge is 0.239 e. The van der Waals surface area contributed by atoms with Crippen molar-refractivity contribution < 1.29 is 9.13 Å². The summed E-state index contributed by atoms with van der Waals surface area (Å²) in [5.74, 6) is 3.42. The highest BCUT2D eigenvalue weighted by molar-refractivity contribution is 5.86. The van der Waals surface area contributed by atoms with Crippen LogP contribution in [0.1, 0.15) is 37.8 Å². The number of fused-ring (bicyclic) bond motifs is 2. The molecule has 4 aromatic rings. The Bertz CT molecular complexity index is 1500. The van der Waals surface area contributed by atoms with E-state index in [4.69, 9.17) is 24.7 Å². The molecule has 7 rings (SSSR count). The molecule has 10 nitrogen and oxygen atoms in total. The third-order valence-corrected chi connectivity index (χ3v) is 8.84. The lowest BCUT2D eigenvalue weighted by Gasteiger charge is -2.36. The first-order chi connectivity index (χ1) is 19.6. The van der Waals surface area contributed by atoms with Gasteiger partial charge in [-0.1, -0.05) is 19.1 Å². The van der Waals surface area contributed by atoms with Crippen molar-refractivity contribution in [3.63, 3.8) is 0 Å². The first-order valence-corrected chi connectivity index (χ1v) is 14.7. The normalized spacial score (nSPS) is 21.8. The van der Waals surface area contributed by atoms with E-state index in [1.54, 1.807) is 0 Å². The van der Waals surface area contributed by atoms with Gasteiger partial charge in [-0.3, -0.25) is 14.4 Å². The summed E-state index contributed by atoms with van der Waals surface area (Å²) in [5.41, 5.74) is 3.63. The van der Waals surface area contributed by atoms with Gasteiger partial charge in [-0.2, -0.15) is 9.97 Å². The minimum absolute atomic E-state index is 0.497. The Kier molecular flexibility index (Phi) is 6.89. The topological polar surface area (TPSA) is 80.4 Å². The highest BCUT2D eigenvalue weighted by atomic mass is 19.1. The van der Waals surface area contributed by atoms with Crippen molar-refractivity contribution in [1.82, 2.24) is 38.9 Å². The SMILES string of the molecule is CCc1nc2ccccc2n1-c1nc(N2CCOCC2)c2nc(CN3CCC(N4CC[C@@H](F)C4)CC3)n(C)c2n1. The van der Waals surface area contributed by atoms with Crippen LogP contribution in [0, 0.1) is 0 Å². The number of anilines is 1. The Morgan fingerprint density at radius 1 is 0.925 bits per heavy atom. The van der Waals surface area contributed by atoms with Gasteiger partial charge in [-0.15, -0.1) is 0 Å². The number of benzene rings is 1. The molecule has 212 valence electrons. The standard InChI is InChI=1S/C29H38FN9O/c1-3-24-31-22-6-4-5-7-23(22)39(24)29-33-27-26(28(34-29)37-14-16-40-17-15-37)32-25(35(27)2)19-36-11-9-21(10-12-36)38-13-8-20(30)18-38/h4-7,20-21H,3,8-19H2,1-2H3/t20-/m1/s1. The molecule has 3 saturated heterocycles. The first-order valence-electron chi connectivity index (χ1n) is 14.7. The molecule has 0 N–H and O–H groups in total. The van der Waals surface area contributed by atoms with Crippen molar-refractivity contribution in [2.75, 3.05) is 57.4 Å². The van der Waals surface area contributed by atoms with Crippen LogP contribution in [0.15, 0.2) is 24.3 Å². The van der Waals surface area contributed by atoms with Crippen LogP contribution < -0.4 is 4.90 Å². The van der Waals surface area contributed by atoms with E-state index in [-0.39, 0.29) is 0 Å². The van der Waals surface area contributed by atoms with Crippen molar-refractivity contribution >= 4 is 28.0 Å². The number of morpholine rings is 1. The highest BCUT2D eigenvalue weighted by Gasteiger charge is 2.31. The molecule has 6 heterocycles. The van der Waals surface area contributed by atoms with E-state index in [0.717, 1.165) is 98.2 Å². The van der Waals surface area contributed by atoms with Crippen molar-refractivity contribution in [2.24, 2.45) is 7.05 Å². The number of likely N-dealkylation sites (tertiary alicyclic amines) is 2. The van der Waals surface area contributed by atoms with Crippen LogP contribution >= 0.6 is 0 Å². The Morgan fingerprint density at radius 3 is 2.48 bits per heavy atom. The zero-order valence-corrected chi connectivity index (χ0v) is 23.5. The van der Waals surface area contributed by atoms with E-state index < -0.39 is 6.17 Å². The lowest BCUT2D eigenvalue weighted by Crippen LogP contribution is -2.44. The summed E-state index contributed by atoms with van der Waals surface area (Å²) in [6.07, 6.45) is 2.96. The fourth-order valence-electron chi connectivity index (χ4n) is 6.57. The van der Waals surface area contributed by atoms with Crippen LogP contribution in [0.5, 0.6) is 0 Å². The number of hydrogen-bond donors (Lipinski definition) is 0. The third-order valence-electron chi connectivity index (χ3n) is 8.84. The Hall–Kier alpha value is -3.15. The maximum Gasteiger partial charge on any atom is 0.239 e. The molecular formula is C29H38FN9O. The summed E-state index contributed by atoms with van der Waals surface area (Å²) in [6, 6.07) is 8.67. The van der Waals surface area contributed by atoms with Crippen LogP contribution in [0.2, 0.25) is 0 Å². The number of alkyl halides is 1. The monoisotopic (exact) mass is 547 g/mol. The number of nitrogens with zero attached hydrogens (tertiary/aromatic N) is 9. The number of aromatic nitrogens is 6. The third kappa shape index (κ3) is 4.63. The molecule has 1 aromatic carbocycles. The molecule has 0 spiro atoms. The van der Waals surface area contributed by atoms with Crippen molar-refractivity contribution in [3.05, 3.63) is 35.9 Å². The maximum atomic E-state index is 13.8. The van der Waals surface area contributed by atoms with Gasteiger partial charge in [-0.05, 0) is 31.4 Å². The molecule has 0 amide bonds. The van der Waals surface area contributed by atoms with Crippen molar-refractivity contribution in [3.8, 4) is 5.95 Å². The number of aryl methyl sites for hydroxylation is 2. The summed E-state index contributed by atoms with van der Waals surface area (Å²) in [4.78, 5) is 27.4. The number of halogens is 1. The predicted molar refractivity (Wildman–Crippen MR) is 153 cm³/mol. The number of hydrogen-bond acceptors (Lipinski definition) is 8. The Labute approximate surface area is 233 Å². The minimum Gasteiger partial charge on any atom is -0.378 e. The number of piperidine rings is 1. The van der Waals surface area contributed by atoms with Gasteiger partial charge in [0.1, 0.15) is 17.8 Å². The molecule has 0 bridgehead atoms. The molecule has 11 heteroatoms. The second-order valence-electron chi connectivity index (χ2n) is 11.3. The lowest BCUT2D eigenvalue weighted by molar-refractivity contribution is 0.115. The fourth-order valence-corrected chi connectivity index (χ4v) is 6.57. The molecule has 3 aliphatic rings. The average molecular weight is 548 g/mol. The number of para-hydroxylation sites is 2. The molecule has 0 aliphatic carbocycles. The van der Waals surface area contributed by atoms with Crippen LogP contribution in [0.25, 0.3) is 28.1 Å². The van der Waals surface area contributed by atoms with Gasteiger partial charge < -0.3 is 14.2 Å². The summed E-state index contributed by atoms with van der Waals surface area (Å²) in [5, 5.41) is 0. The van der Waals surface area contributed by atoms with E-state index in [2.05, 4.69) is 43.9 Å². The van der Waals surface area contributed by atoms with Gasteiger partial charge in [0.05, 0.1) is 30.8 Å². The van der Waals surface area contributed by atoms with E-state index in [1.165, 1.54) is 0 Å². The average Bonchev–Trinajstić information content (AvgIpc) is 3.68. The molecule has 3 aliphatic heterocycles. The Morgan fingerprint density at radius 2 is 1.73 bits per heavy atom. The second-order valence-corrected chi connectivity index (χ2v) is 11.3. The number of ether oxygens (including phenoxy) is 1. The molecule has 0 unspecified atom stereocenters. The molecular weight excluding hydrogens is 509 g/mol. The van der Waals surface area contributed by atoms with Crippen LogP contribution in [-0.2, 0) is 24.8 Å². The van der Waals surface area contributed by atoms with Gasteiger partial charge in [-0.25, -0.2) is 14.4 Å². The number of rotatable bonds is 6. The van der Waals surface area contributed by atoms with Gasteiger partial charge in [0.25, 0.3) is 0 Å². The largest absolute Gasteiger partial charge is 0.378 e. The predicted octanol–water partition coefficient (Wildman–Crippen LogP) is 3.11. The van der Waals surface area contributed by atoms with E-state index >= 15 is 0 Å². The minimum atomic E-state index is -0.654. The van der Waals surface area contributed by atoms with E-state index in [1.807, 2.05) is 18.2 Å². The summed E-state index contributed by atoms with van der Waals surface area (Å²) in [7, 11) is 2.07. The zero-order chi connectivity index (χ0) is 27.2. The molecule has 3 aromatic heterocycles. The van der Waals surface area contributed by atoms with Crippen molar-refractivity contribution in [1.29, 1.82) is 0 Å². The second kappa shape index (κ2) is 10.7. The Balaban J connectivity index is 1.23. The highest BCUT2D eigenvalue weighted by Crippen LogP contribution is 2.29. The molecule has 3 fully saturated rings. The fraction of sp³-hybridized carbons (Fsp3) is 0.586. The molecule has 0 radical (unpaired) electrons. The van der Waals surface area contributed by atoms with E-state index in [9.17, 15) is 4.39 Å². The molecule has 0 saturated carbocycles. The first kappa shape index (κ1) is 25.8. The van der Waals surface area contributed by atoms with Gasteiger partial charge in [0, 0.05) is 58.8 Å². The van der Waals surface area contributed by atoms with Crippen LogP contribution in [0.3, 0.4) is 0 Å². The van der Waals surface area contributed by atoms with Gasteiger partial charge >= 0.3 is 0 Å². The quantitative estimate of drug-likeness (QED) is 0.364.